The fraction of sp³-hybridized carbons (Fsp3) is 0.600. The van der Waals surface area contributed by atoms with E-state index in [1.54, 1.807) is 0 Å². The second-order valence-electron chi connectivity index (χ2n) is 10.0. The number of ether oxygens (including phenoxy) is 1. The van der Waals surface area contributed by atoms with Gasteiger partial charge in [-0.15, -0.1) is 0 Å². The molecule has 166 valence electrons. The number of aryl methyl sites for hydroxylation is 1. The number of nitrogens with zero attached hydrogens (tertiary/aromatic N) is 1. The Bertz CT molecular complexity index is 1020. The number of carboxylic acids is 1. The van der Waals surface area contributed by atoms with Crippen LogP contribution in [0.4, 0.5) is 5.69 Å². The number of benzene rings is 1. The Morgan fingerprint density at radius 3 is 2.58 bits per heavy atom. The summed E-state index contributed by atoms with van der Waals surface area (Å²) >= 11 is 0. The molecule has 3 fully saturated rings. The molecule has 0 atom stereocenters. The third-order valence-corrected chi connectivity index (χ3v) is 8.03. The first-order valence-electron chi connectivity index (χ1n) is 11.7. The van der Waals surface area contributed by atoms with Crippen LogP contribution in [0.2, 0.25) is 0 Å². The highest BCUT2D eigenvalue weighted by Crippen LogP contribution is 2.65. The number of fused-ring (bicyclic) bond motifs is 1. The molecule has 2 aliphatic carbocycles. The second kappa shape index (κ2) is 7.66. The Morgan fingerprint density at radius 2 is 1.97 bits per heavy atom. The van der Waals surface area contributed by atoms with Crippen LogP contribution in [0, 0.1) is 16.7 Å². The smallest absolute Gasteiger partial charge is 0.306 e. The molecule has 3 aliphatic rings. The normalized spacial score (nSPS) is 28.4. The summed E-state index contributed by atoms with van der Waals surface area (Å²) in [4.78, 5) is 11.3. The van der Waals surface area contributed by atoms with Crippen LogP contribution in [0.15, 0.2) is 12.1 Å². The molecule has 6 heteroatoms. The molecule has 1 aromatic heterocycles. The number of nitrogen functional groups attached to an aromatic ring is 1. The minimum absolute atomic E-state index is 0.150. The lowest BCUT2D eigenvalue weighted by molar-refractivity contribution is -0.155. The van der Waals surface area contributed by atoms with E-state index >= 15 is 0 Å². The van der Waals surface area contributed by atoms with Crippen molar-refractivity contribution in [1.29, 1.82) is 5.41 Å². The van der Waals surface area contributed by atoms with E-state index in [2.05, 4.69) is 23.6 Å². The number of hydrogen-bond donors (Lipinski definition) is 3. The molecule has 6 nitrogen and oxygen atoms in total. The fourth-order valence-electron chi connectivity index (χ4n) is 6.59. The van der Waals surface area contributed by atoms with Crippen molar-refractivity contribution in [3.8, 4) is 0 Å². The number of aliphatic carboxylic acids is 1. The summed E-state index contributed by atoms with van der Waals surface area (Å²) in [5.74, 6) is 0.169. The Kier molecular flexibility index (Phi) is 5.08. The largest absolute Gasteiger partial charge is 0.481 e. The van der Waals surface area contributed by atoms with Crippen LogP contribution in [-0.4, -0.2) is 35.1 Å². The molecule has 1 aromatic carbocycles. The van der Waals surface area contributed by atoms with Gasteiger partial charge in [-0.25, -0.2) is 0 Å². The lowest BCUT2D eigenvalue weighted by Crippen LogP contribution is -2.49. The van der Waals surface area contributed by atoms with E-state index in [4.69, 9.17) is 15.9 Å². The van der Waals surface area contributed by atoms with Gasteiger partial charge in [0.2, 0.25) is 0 Å². The SMILES string of the molecule is CCCn1c(C2CCOCC2)c(C2CC3(CC(C(=O)O)C3)C2)c2cc(N)c(C=N)cc21. The van der Waals surface area contributed by atoms with Gasteiger partial charge in [-0.1, -0.05) is 6.92 Å². The third kappa shape index (κ3) is 3.27. The van der Waals surface area contributed by atoms with Crippen LogP contribution in [0.3, 0.4) is 0 Å². The van der Waals surface area contributed by atoms with Crippen molar-refractivity contribution in [3.63, 3.8) is 0 Å². The van der Waals surface area contributed by atoms with Crippen LogP contribution >= 0.6 is 0 Å². The van der Waals surface area contributed by atoms with E-state index in [0.29, 0.717) is 17.5 Å². The van der Waals surface area contributed by atoms with Gasteiger partial charge in [0.15, 0.2) is 0 Å². The summed E-state index contributed by atoms with van der Waals surface area (Å²) in [6.07, 6.45) is 8.33. The molecular formula is C25H33N3O3. The van der Waals surface area contributed by atoms with Crippen LogP contribution in [0.25, 0.3) is 10.9 Å². The lowest BCUT2D eigenvalue weighted by atomic mass is 9.47. The summed E-state index contributed by atoms with van der Waals surface area (Å²) in [6.45, 7) is 4.79. The first-order chi connectivity index (χ1) is 15.0. The Hall–Kier alpha value is -2.34. The monoisotopic (exact) mass is 423 g/mol. The zero-order chi connectivity index (χ0) is 21.8. The Morgan fingerprint density at radius 1 is 1.26 bits per heavy atom. The molecule has 2 aromatic rings. The van der Waals surface area contributed by atoms with Gasteiger partial charge in [0, 0.05) is 59.7 Å². The molecule has 2 heterocycles. The molecule has 0 radical (unpaired) electrons. The van der Waals surface area contributed by atoms with E-state index in [-0.39, 0.29) is 11.3 Å². The van der Waals surface area contributed by atoms with Crippen molar-refractivity contribution in [2.45, 2.75) is 70.3 Å². The first-order valence-corrected chi connectivity index (χ1v) is 11.7. The molecule has 1 spiro atoms. The van der Waals surface area contributed by atoms with Crippen LogP contribution in [-0.2, 0) is 16.1 Å². The molecule has 0 amide bonds. The van der Waals surface area contributed by atoms with E-state index in [9.17, 15) is 9.90 Å². The second-order valence-corrected chi connectivity index (χ2v) is 10.0. The van der Waals surface area contributed by atoms with E-state index in [1.165, 1.54) is 28.4 Å². The zero-order valence-corrected chi connectivity index (χ0v) is 18.3. The summed E-state index contributed by atoms with van der Waals surface area (Å²) < 4.78 is 8.17. The van der Waals surface area contributed by atoms with Gasteiger partial charge in [0.25, 0.3) is 0 Å². The Balaban J connectivity index is 1.59. The number of nitrogens with one attached hydrogen (secondary N) is 1. The highest BCUT2D eigenvalue weighted by atomic mass is 16.5. The van der Waals surface area contributed by atoms with Crippen LogP contribution in [0.5, 0.6) is 0 Å². The maximum absolute atomic E-state index is 11.3. The number of carbonyl (C=O) groups is 1. The molecule has 1 aliphatic heterocycles. The van der Waals surface area contributed by atoms with Crippen LogP contribution in [0.1, 0.15) is 80.5 Å². The van der Waals surface area contributed by atoms with Gasteiger partial charge in [-0.05, 0) is 74.0 Å². The molecule has 2 saturated carbocycles. The van der Waals surface area contributed by atoms with E-state index in [0.717, 1.165) is 70.3 Å². The highest BCUT2D eigenvalue weighted by Gasteiger charge is 2.56. The molecular weight excluding hydrogens is 390 g/mol. The third-order valence-electron chi connectivity index (χ3n) is 8.03. The van der Waals surface area contributed by atoms with E-state index in [1.807, 2.05) is 0 Å². The van der Waals surface area contributed by atoms with Gasteiger partial charge in [0.05, 0.1) is 5.92 Å². The van der Waals surface area contributed by atoms with Crippen molar-refractivity contribution in [2.75, 3.05) is 18.9 Å². The summed E-state index contributed by atoms with van der Waals surface area (Å²) in [6, 6.07) is 4.18. The Labute approximate surface area is 183 Å². The standard InChI is InChI=1S/C25H33N3O3/c1-2-5-28-21-8-16(14-26)20(27)9-19(21)22(23(28)15-3-6-31-7-4-15)17-10-25(11-17)12-18(13-25)24(29)30/h8-9,14-15,17-18,26H,2-7,10-13,27H2,1H3,(H,29,30). The average Bonchev–Trinajstić information content (AvgIpc) is 2.99. The minimum atomic E-state index is -0.636. The predicted molar refractivity (Wildman–Crippen MR) is 122 cm³/mol. The minimum Gasteiger partial charge on any atom is -0.481 e. The summed E-state index contributed by atoms with van der Waals surface area (Å²) in [5.41, 5.74) is 12.1. The van der Waals surface area contributed by atoms with Crippen molar-refractivity contribution >= 4 is 28.8 Å². The van der Waals surface area contributed by atoms with Crippen molar-refractivity contribution < 1.29 is 14.6 Å². The lowest BCUT2D eigenvalue weighted by Gasteiger charge is -2.57. The molecule has 1 saturated heterocycles. The average molecular weight is 424 g/mol. The summed E-state index contributed by atoms with van der Waals surface area (Å²) in [5, 5.41) is 18.3. The number of rotatable bonds is 6. The highest BCUT2D eigenvalue weighted by molar-refractivity contribution is 5.97. The predicted octanol–water partition coefficient (Wildman–Crippen LogP) is 4.88. The molecule has 0 unspecified atom stereocenters. The van der Waals surface area contributed by atoms with Gasteiger partial charge in [-0.2, -0.15) is 0 Å². The van der Waals surface area contributed by atoms with Gasteiger partial charge < -0.3 is 25.6 Å². The maximum atomic E-state index is 11.3. The zero-order valence-electron chi connectivity index (χ0n) is 18.3. The number of hydrogen-bond acceptors (Lipinski definition) is 4. The van der Waals surface area contributed by atoms with E-state index < -0.39 is 5.97 Å². The van der Waals surface area contributed by atoms with Gasteiger partial charge >= 0.3 is 5.97 Å². The topological polar surface area (TPSA) is 101 Å². The number of carboxylic acid groups (broad SMARTS) is 1. The molecule has 4 N–H and O–H groups in total. The van der Waals surface area contributed by atoms with Crippen molar-refractivity contribution in [1.82, 2.24) is 4.57 Å². The quantitative estimate of drug-likeness (QED) is 0.455. The molecule has 31 heavy (non-hydrogen) atoms. The fourth-order valence-corrected chi connectivity index (χ4v) is 6.59. The maximum Gasteiger partial charge on any atom is 0.306 e. The number of aromatic nitrogens is 1. The molecule has 5 rings (SSSR count). The summed E-state index contributed by atoms with van der Waals surface area (Å²) in [7, 11) is 0. The van der Waals surface area contributed by atoms with Gasteiger partial charge in [0.1, 0.15) is 0 Å². The van der Waals surface area contributed by atoms with Crippen molar-refractivity contribution in [2.24, 2.45) is 11.3 Å². The molecule has 0 bridgehead atoms. The number of anilines is 1. The first kappa shape index (κ1) is 20.6. The number of nitrogens with two attached hydrogens (primary N) is 1. The van der Waals surface area contributed by atoms with Gasteiger partial charge in [-0.3, -0.25) is 4.79 Å². The van der Waals surface area contributed by atoms with Crippen LogP contribution < -0.4 is 5.73 Å². The van der Waals surface area contributed by atoms with Crippen molar-refractivity contribution in [3.05, 3.63) is 29.0 Å².